The van der Waals surface area contributed by atoms with Gasteiger partial charge in [0, 0.05) is 5.39 Å². The molecular weight excluding hydrogens is 262 g/mol. The van der Waals surface area contributed by atoms with Gasteiger partial charge in [-0.1, -0.05) is 42.5 Å². The highest BCUT2D eigenvalue weighted by Crippen LogP contribution is 2.49. The van der Waals surface area contributed by atoms with Crippen LogP contribution in [0.1, 0.15) is 18.4 Å². The molecule has 0 bridgehead atoms. The summed E-state index contributed by atoms with van der Waals surface area (Å²) < 4.78 is 0. The first-order chi connectivity index (χ1) is 10.3. The Balaban J connectivity index is 1.66. The van der Waals surface area contributed by atoms with Crippen LogP contribution in [0.3, 0.4) is 0 Å². The predicted octanol–water partition coefficient (Wildman–Crippen LogP) is 3.23. The molecule has 0 radical (unpaired) electrons. The number of carbonyl (C=O) groups is 1. The van der Waals surface area contributed by atoms with Crippen molar-refractivity contribution in [3.63, 3.8) is 0 Å². The number of benzene rings is 2. The van der Waals surface area contributed by atoms with Crippen LogP contribution in [0.4, 0.5) is 5.69 Å². The highest BCUT2D eigenvalue weighted by atomic mass is 16.2. The van der Waals surface area contributed by atoms with Crippen molar-refractivity contribution in [2.45, 2.75) is 18.3 Å². The van der Waals surface area contributed by atoms with Gasteiger partial charge in [-0.15, -0.1) is 0 Å². The Hall–Kier alpha value is -2.62. The van der Waals surface area contributed by atoms with Crippen molar-refractivity contribution >= 4 is 22.5 Å². The van der Waals surface area contributed by atoms with E-state index in [-0.39, 0.29) is 11.3 Å². The molecule has 104 valence electrons. The second-order valence-electron chi connectivity index (χ2n) is 5.54. The molecule has 4 nitrogen and oxygen atoms in total. The second-order valence-corrected chi connectivity index (χ2v) is 5.54. The van der Waals surface area contributed by atoms with E-state index in [0.717, 1.165) is 35.0 Å². The fraction of sp³-hybridized carbons (Fsp3) is 0.176. The predicted molar refractivity (Wildman–Crippen MR) is 82.1 cm³/mol. The quantitative estimate of drug-likeness (QED) is 0.772. The number of aromatic nitrogens is 2. The molecule has 2 aromatic carbocycles. The maximum atomic E-state index is 12.7. The minimum atomic E-state index is -0.358. The zero-order valence-electron chi connectivity index (χ0n) is 11.5. The van der Waals surface area contributed by atoms with Crippen LogP contribution in [0.2, 0.25) is 0 Å². The number of nitrogens with one attached hydrogen (secondary N) is 2. The maximum Gasteiger partial charge on any atom is 0.235 e. The third kappa shape index (κ3) is 1.91. The SMILES string of the molecule is O=C(Nc1cccc2cn[nH]c12)C1(c2ccccc2)CC1. The van der Waals surface area contributed by atoms with E-state index in [1.807, 2.05) is 48.5 Å². The van der Waals surface area contributed by atoms with Gasteiger partial charge in [-0.25, -0.2) is 0 Å². The molecule has 21 heavy (non-hydrogen) atoms. The summed E-state index contributed by atoms with van der Waals surface area (Å²) in [6, 6.07) is 15.8. The minimum absolute atomic E-state index is 0.0656. The highest BCUT2D eigenvalue weighted by Gasteiger charge is 2.51. The summed E-state index contributed by atoms with van der Waals surface area (Å²) in [5, 5.41) is 11.0. The van der Waals surface area contributed by atoms with E-state index >= 15 is 0 Å². The van der Waals surface area contributed by atoms with Gasteiger partial charge in [0.25, 0.3) is 0 Å². The van der Waals surface area contributed by atoms with E-state index in [2.05, 4.69) is 15.5 Å². The number of amides is 1. The molecule has 1 fully saturated rings. The summed E-state index contributed by atoms with van der Waals surface area (Å²) in [5.74, 6) is 0.0656. The molecule has 4 heteroatoms. The number of aromatic amines is 1. The van der Waals surface area contributed by atoms with Gasteiger partial charge in [0.05, 0.1) is 22.8 Å². The zero-order chi connectivity index (χ0) is 14.3. The number of nitrogens with zero attached hydrogens (tertiary/aromatic N) is 1. The molecule has 1 saturated carbocycles. The van der Waals surface area contributed by atoms with Crippen LogP contribution in [0.25, 0.3) is 10.9 Å². The summed E-state index contributed by atoms with van der Waals surface area (Å²) in [5.41, 5.74) is 2.40. The number of anilines is 1. The smallest absolute Gasteiger partial charge is 0.235 e. The molecule has 3 aromatic rings. The standard InChI is InChI=1S/C17H15N3O/c21-16(17(9-10-17)13-6-2-1-3-7-13)19-14-8-4-5-12-11-18-20-15(12)14/h1-8,11H,9-10H2,(H,18,20)(H,19,21). The number of carbonyl (C=O) groups excluding carboxylic acids is 1. The van der Waals surface area contributed by atoms with Gasteiger partial charge >= 0.3 is 0 Å². The molecule has 1 aromatic heterocycles. The first-order valence-electron chi connectivity index (χ1n) is 7.09. The second kappa shape index (κ2) is 4.45. The molecule has 0 aliphatic heterocycles. The number of rotatable bonds is 3. The van der Waals surface area contributed by atoms with Crippen LogP contribution in [-0.2, 0) is 10.2 Å². The monoisotopic (exact) mass is 277 g/mol. The highest BCUT2D eigenvalue weighted by molar-refractivity contribution is 6.06. The Morgan fingerprint density at radius 3 is 2.67 bits per heavy atom. The Morgan fingerprint density at radius 2 is 1.90 bits per heavy atom. The van der Waals surface area contributed by atoms with Crippen molar-refractivity contribution in [1.29, 1.82) is 0 Å². The Bertz CT molecular complexity index is 803. The summed E-state index contributed by atoms with van der Waals surface area (Å²) in [6.07, 6.45) is 3.57. The normalized spacial score (nSPS) is 15.8. The van der Waals surface area contributed by atoms with Crippen LogP contribution < -0.4 is 5.32 Å². The van der Waals surface area contributed by atoms with Crippen molar-refractivity contribution in [1.82, 2.24) is 10.2 Å². The van der Waals surface area contributed by atoms with E-state index in [0.29, 0.717) is 0 Å². The third-order valence-corrected chi connectivity index (χ3v) is 4.24. The van der Waals surface area contributed by atoms with Crippen LogP contribution in [-0.4, -0.2) is 16.1 Å². The van der Waals surface area contributed by atoms with E-state index in [4.69, 9.17) is 0 Å². The van der Waals surface area contributed by atoms with E-state index in [1.54, 1.807) is 6.20 Å². The van der Waals surface area contributed by atoms with Gasteiger partial charge in [-0.3, -0.25) is 9.89 Å². The lowest BCUT2D eigenvalue weighted by atomic mass is 9.95. The molecule has 4 rings (SSSR count). The van der Waals surface area contributed by atoms with Crippen LogP contribution in [0, 0.1) is 0 Å². The minimum Gasteiger partial charge on any atom is -0.323 e. The fourth-order valence-electron chi connectivity index (χ4n) is 2.84. The summed E-state index contributed by atoms with van der Waals surface area (Å²) in [7, 11) is 0. The average Bonchev–Trinajstić information content (AvgIpc) is 3.20. The largest absolute Gasteiger partial charge is 0.323 e. The zero-order valence-corrected chi connectivity index (χ0v) is 11.5. The topological polar surface area (TPSA) is 57.8 Å². The molecule has 1 aliphatic rings. The van der Waals surface area contributed by atoms with Crippen LogP contribution in [0.5, 0.6) is 0 Å². The van der Waals surface area contributed by atoms with Gasteiger partial charge in [-0.05, 0) is 24.5 Å². The summed E-state index contributed by atoms with van der Waals surface area (Å²) in [6.45, 7) is 0. The molecule has 1 aliphatic carbocycles. The number of fused-ring (bicyclic) bond motifs is 1. The van der Waals surface area contributed by atoms with Crippen molar-refractivity contribution < 1.29 is 4.79 Å². The lowest BCUT2D eigenvalue weighted by Gasteiger charge is -2.16. The number of hydrogen-bond donors (Lipinski definition) is 2. The van der Waals surface area contributed by atoms with Crippen LogP contribution >= 0.6 is 0 Å². The number of para-hydroxylation sites is 1. The Kier molecular flexibility index (Phi) is 2.57. The molecule has 1 amide bonds. The molecule has 1 heterocycles. The Labute approximate surface area is 122 Å². The summed E-state index contributed by atoms with van der Waals surface area (Å²) >= 11 is 0. The van der Waals surface area contributed by atoms with Crippen molar-refractivity contribution in [2.24, 2.45) is 0 Å². The average molecular weight is 277 g/mol. The summed E-state index contributed by atoms with van der Waals surface area (Å²) in [4.78, 5) is 12.7. The number of hydrogen-bond acceptors (Lipinski definition) is 2. The molecule has 0 saturated heterocycles. The van der Waals surface area contributed by atoms with E-state index < -0.39 is 0 Å². The van der Waals surface area contributed by atoms with Gasteiger partial charge in [0.1, 0.15) is 0 Å². The van der Waals surface area contributed by atoms with Crippen molar-refractivity contribution in [2.75, 3.05) is 5.32 Å². The van der Waals surface area contributed by atoms with Crippen molar-refractivity contribution in [3.05, 3.63) is 60.3 Å². The molecule has 0 atom stereocenters. The van der Waals surface area contributed by atoms with Gasteiger partial charge in [0.15, 0.2) is 0 Å². The third-order valence-electron chi connectivity index (χ3n) is 4.24. The first-order valence-corrected chi connectivity index (χ1v) is 7.09. The Morgan fingerprint density at radius 1 is 1.10 bits per heavy atom. The number of H-pyrrole nitrogens is 1. The maximum absolute atomic E-state index is 12.7. The lowest BCUT2D eigenvalue weighted by molar-refractivity contribution is -0.118. The van der Waals surface area contributed by atoms with Crippen molar-refractivity contribution in [3.8, 4) is 0 Å². The van der Waals surface area contributed by atoms with Gasteiger partial charge < -0.3 is 5.32 Å². The lowest BCUT2D eigenvalue weighted by Crippen LogP contribution is -2.27. The first kappa shape index (κ1) is 12.1. The molecule has 0 spiro atoms. The molecular formula is C17H15N3O. The fourth-order valence-corrected chi connectivity index (χ4v) is 2.84. The van der Waals surface area contributed by atoms with E-state index in [9.17, 15) is 4.79 Å². The molecule has 0 unspecified atom stereocenters. The van der Waals surface area contributed by atoms with E-state index in [1.165, 1.54) is 0 Å². The van der Waals surface area contributed by atoms with Crippen LogP contribution in [0.15, 0.2) is 54.7 Å². The van der Waals surface area contributed by atoms with Gasteiger partial charge in [-0.2, -0.15) is 5.10 Å². The molecule has 2 N–H and O–H groups in total. The van der Waals surface area contributed by atoms with Gasteiger partial charge in [0.2, 0.25) is 5.91 Å².